The number of hydrogen-bond acceptors (Lipinski definition) is 2. The summed E-state index contributed by atoms with van der Waals surface area (Å²) in [6, 6.07) is 4.21. The molecule has 0 aliphatic carbocycles. The van der Waals surface area contributed by atoms with E-state index in [1.807, 2.05) is 0 Å². The fourth-order valence-electron chi connectivity index (χ4n) is 1.44. The maximum absolute atomic E-state index is 13.2. The van der Waals surface area contributed by atoms with Crippen molar-refractivity contribution in [2.45, 2.75) is 19.9 Å². The molecule has 5 heteroatoms. The first kappa shape index (κ1) is 15.2. The highest BCUT2D eigenvalue weighted by Crippen LogP contribution is 2.18. The van der Waals surface area contributed by atoms with Crippen molar-refractivity contribution in [2.24, 2.45) is 5.92 Å². The summed E-state index contributed by atoms with van der Waals surface area (Å²) in [6.45, 7) is 4.10. The fraction of sp³-hybridized carbons (Fsp3) is 0.462. The molecule has 1 unspecified atom stereocenters. The number of methoxy groups -OCH3 is 1. The van der Waals surface area contributed by atoms with Crippen molar-refractivity contribution in [2.75, 3.05) is 11.5 Å². The van der Waals surface area contributed by atoms with E-state index in [0.717, 1.165) is 4.43 Å². The second-order valence-electron chi connectivity index (χ2n) is 4.33. The molecule has 0 bridgehead atoms. The van der Waals surface area contributed by atoms with E-state index in [-0.39, 0.29) is 17.7 Å². The number of ether oxygens (including phenoxy) is 1. The van der Waals surface area contributed by atoms with Crippen LogP contribution in [0.2, 0.25) is 0 Å². The topological polar surface area (TPSA) is 38.3 Å². The average Bonchev–Trinajstić information content (AvgIpc) is 2.35. The van der Waals surface area contributed by atoms with Crippen LogP contribution in [0.1, 0.15) is 24.2 Å². The lowest BCUT2D eigenvalue weighted by atomic mass is 10.1. The first-order valence-electron chi connectivity index (χ1n) is 5.70. The van der Waals surface area contributed by atoms with Gasteiger partial charge in [-0.05, 0) is 24.1 Å². The third kappa shape index (κ3) is 3.83. The predicted octanol–water partition coefficient (Wildman–Crippen LogP) is 3.02. The van der Waals surface area contributed by atoms with Crippen LogP contribution in [-0.2, 0) is 0 Å². The zero-order valence-corrected chi connectivity index (χ0v) is 12.8. The van der Waals surface area contributed by atoms with Gasteiger partial charge in [0.25, 0.3) is 5.91 Å². The van der Waals surface area contributed by atoms with Gasteiger partial charge in [-0.3, -0.25) is 4.79 Å². The summed E-state index contributed by atoms with van der Waals surface area (Å²) < 4.78 is 18.9. The summed E-state index contributed by atoms with van der Waals surface area (Å²) in [7, 11) is 1.38. The summed E-state index contributed by atoms with van der Waals surface area (Å²) in [5, 5.41) is 2.93. The van der Waals surface area contributed by atoms with E-state index in [0.29, 0.717) is 11.5 Å². The minimum absolute atomic E-state index is 0.0817. The third-order valence-electron chi connectivity index (χ3n) is 2.70. The van der Waals surface area contributed by atoms with E-state index in [9.17, 15) is 9.18 Å². The third-order valence-corrected chi connectivity index (χ3v) is 3.65. The second kappa shape index (κ2) is 6.92. The Morgan fingerprint density at radius 3 is 2.67 bits per heavy atom. The second-order valence-corrected chi connectivity index (χ2v) is 5.21. The number of carbonyl (C=O) groups excluding carboxylic acids is 1. The molecule has 1 N–H and O–H groups in total. The Morgan fingerprint density at radius 1 is 1.50 bits per heavy atom. The predicted molar refractivity (Wildman–Crippen MR) is 77.9 cm³/mol. The Hall–Kier alpha value is -0.850. The van der Waals surface area contributed by atoms with Gasteiger partial charge in [0.05, 0.1) is 7.11 Å². The maximum Gasteiger partial charge on any atom is 0.251 e. The van der Waals surface area contributed by atoms with Gasteiger partial charge in [-0.1, -0.05) is 36.4 Å². The molecule has 0 heterocycles. The average molecular weight is 365 g/mol. The van der Waals surface area contributed by atoms with Crippen LogP contribution in [0.15, 0.2) is 18.2 Å². The number of carbonyl (C=O) groups is 1. The van der Waals surface area contributed by atoms with Gasteiger partial charge in [0.1, 0.15) is 0 Å². The molecule has 0 saturated carbocycles. The van der Waals surface area contributed by atoms with Gasteiger partial charge in [-0.15, -0.1) is 0 Å². The number of rotatable bonds is 5. The summed E-state index contributed by atoms with van der Waals surface area (Å²) in [5.41, 5.74) is 0.406. The van der Waals surface area contributed by atoms with E-state index in [4.69, 9.17) is 4.74 Å². The lowest BCUT2D eigenvalue weighted by Crippen LogP contribution is -2.39. The molecular formula is C13H17FINO2. The lowest BCUT2D eigenvalue weighted by molar-refractivity contribution is 0.0931. The highest BCUT2D eigenvalue weighted by molar-refractivity contribution is 14.1. The monoisotopic (exact) mass is 365 g/mol. The summed E-state index contributed by atoms with van der Waals surface area (Å²) in [4.78, 5) is 12.0. The van der Waals surface area contributed by atoms with Crippen molar-refractivity contribution in [3.8, 4) is 5.75 Å². The highest BCUT2D eigenvalue weighted by Gasteiger charge is 2.17. The molecule has 0 saturated heterocycles. The molecule has 0 spiro atoms. The van der Waals surface area contributed by atoms with E-state index >= 15 is 0 Å². The van der Waals surface area contributed by atoms with Crippen LogP contribution in [0.4, 0.5) is 4.39 Å². The summed E-state index contributed by atoms with van der Waals surface area (Å²) in [6.07, 6.45) is 0. The van der Waals surface area contributed by atoms with Crippen LogP contribution in [0.25, 0.3) is 0 Å². The first-order valence-corrected chi connectivity index (χ1v) is 7.22. The quantitative estimate of drug-likeness (QED) is 0.644. The van der Waals surface area contributed by atoms with Crippen LogP contribution >= 0.6 is 22.6 Å². The van der Waals surface area contributed by atoms with E-state index in [1.165, 1.54) is 25.3 Å². The number of nitrogens with one attached hydrogen (secondary N) is 1. The number of benzene rings is 1. The molecule has 1 aromatic rings. The molecule has 0 fully saturated rings. The molecule has 1 atom stereocenters. The highest BCUT2D eigenvalue weighted by atomic mass is 127. The van der Waals surface area contributed by atoms with Crippen LogP contribution in [0.3, 0.4) is 0 Å². The molecule has 0 aliphatic rings. The van der Waals surface area contributed by atoms with Gasteiger partial charge in [0.2, 0.25) is 0 Å². The van der Waals surface area contributed by atoms with E-state index in [2.05, 4.69) is 41.8 Å². The zero-order valence-electron chi connectivity index (χ0n) is 10.7. The van der Waals surface area contributed by atoms with Crippen molar-refractivity contribution in [1.82, 2.24) is 5.32 Å². The van der Waals surface area contributed by atoms with E-state index < -0.39 is 5.82 Å². The Labute approximate surface area is 120 Å². The van der Waals surface area contributed by atoms with Crippen LogP contribution < -0.4 is 10.1 Å². The van der Waals surface area contributed by atoms with Crippen LogP contribution in [-0.4, -0.2) is 23.5 Å². The smallest absolute Gasteiger partial charge is 0.251 e. The SMILES string of the molecule is COc1cc(C(=O)NC(CI)C(C)C)ccc1F. The maximum atomic E-state index is 13.2. The zero-order chi connectivity index (χ0) is 13.7. The minimum atomic E-state index is -0.469. The largest absolute Gasteiger partial charge is 0.494 e. The molecule has 100 valence electrons. The van der Waals surface area contributed by atoms with Gasteiger partial charge >= 0.3 is 0 Å². The molecule has 0 aromatic heterocycles. The standard InChI is InChI=1S/C13H17FINO2/c1-8(2)11(7-15)16-13(17)9-4-5-10(14)12(6-9)18-3/h4-6,8,11H,7H2,1-3H3,(H,16,17). The van der Waals surface area contributed by atoms with Crippen LogP contribution in [0, 0.1) is 11.7 Å². The number of hydrogen-bond donors (Lipinski definition) is 1. The van der Waals surface area contributed by atoms with Gasteiger partial charge in [0, 0.05) is 16.0 Å². The Balaban J connectivity index is 2.84. The summed E-state index contributed by atoms with van der Waals surface area (Å²) >= 11 is 2.24. The normalized spacial score (nSPS) is 12.3. The van der Waals surface area contributed by atoms with E-state index in [1.54, 1.807) is 0 Å². The molecule has 3 nitrogen and oxygen atoms in total. The Bertz CT molecular complexity index is 423. The number of amides is 1. The molecular weight excluding hydrogens is 348 g/mol. The number of alkyl halides is 1. The van der Waals surface area contributed by atoms with Crippen molar-refractivity contribution < 1.29 is 13.9 Å². The van der Waals surface area contributed by atoms with Gasteiger partial charge in [-0.2, -0.15) is 0 Å². The first-order chi connectivity index (χ1) is 8.49. The fourth-order valence-corrected chi connectivity index (χ4v) is 2.67. The molecule has 1 amide bonds. The number of halogens is 2. The van der Waals surface area contributed by atoms with Gasteiger partial charge in [0.15, 0.2) is 11.6 Å². The van der Waals surface area contributed by atoms with Gasteiger partial charge < -0.3 is 10.1 Å². The van der Waals surface area contributed by atoms with Crippen LogP contribution in [0.5, 0.6) is 5.75 Å². The lowest BCUT2D eigenvalue weighted by Gasteiger charge is -2.20. The molecule has 0 aliphatic heterocycles. The van der Waals surface area contributed by atoms with Crippen molar-refractivity contribution in [3.63, 3.8) is 0 Å². The Morgan fingerprint density at radius 2 is 2.17 bits per heavy atom. The minimum Gasteiger partial charge on any atom is -0.494 e. The van der Waals surface area contributed by atoms with Crippen molar-refractivity contribution in [1.29, 1.82) is 0 Å². The van der Waals surface area contributed by atoms with Crippen molar-refractivity contribution >= 4 is 28.5 Å². The molecule has 1 rings (SSSR count). The summed E-state index contributed by atoms with van der Waals surface area (Å²) in [5.74, 6) is -0.238. The molecule has 1 aromatic carbocycles. The molecule has 0 radical (unpaired) electrons. The van der Waals surface area contributed by atoms with Crippen molar-refractivity contribution in [3.05, 3.63) is 29.6 Å². The van der Waals surface area contributed by atoms with Gasteiger partial charge in [-0.25, -0.2) is 4.39 Å². The molecule has 18 heavy (non-hydrogen) atoms. The Kier molecular flexibility index (Phi) is 5.84.